The Kier molecular flexibility index (Phi) is 16.8. The Morgan fingerprint density at radius 3 is 2.39 bits per heavy atom. The van der Waals surface area contributed by atoms with Crippen LogP contribution < -0.4 is 0 Å². The molecule has 0 unspecified atom stereocenters. The Balaban J connectivity index is 3.30. The third-order valence-electron chi connectivity index (χ3n) is 3.48. The molecule has 0 rings (SSSR count). The first kappa shape index (κ1) is 22.1. The molecule has 2 N–H and O–H groups in total. The molecule has 5 nitrogen and oxygen atoms in total. The minimum Gasteiger partial charge on any atom is -0.457 e. The van der Waals surface area contributed by atoms with Crippen LogP contribution in [0.3, 0.4) is 0 Å². The van der Waals surface area contributed by atoms with Gasteiger partial charge in [-0.25, -0.2) is 0 Å². The lowest BCUT2D eigenvalue weighted by atomic mass is 10.1. The monoisotopic (exact) mass is 330 g/mol. The lowest BCUT2D eigenvalue weighted by Gasteiger charge is -2.12. The SMILES string of the molecule is CCCCOC/C=C\CCCCCCCC(=O)OC(CO)CO. The minimum atomic E-state index is -0.778. The van der Waals surface area contributed by atoms with Gasteiger partial charge in [0.15, 0.2) is 0 Å². The summed E-state index contributed by atoms with van der Waals surface area (Å²) in [6.45, 7) is 3.05. The molecule has 0 saturated heterocycles. The van der Waals surface area contributed by atoms with Crippen molar-refractivity contribution in [3.05, 3.63) is 12.2 Å². The number of hydrogen-bond acceptors (Lipinski definition) is 5. The third-order valence-corrected chi connectivity index (χ3v) is 3.48. The summed E-state index contributed by atoms with van der Waals surface area (Å²) in [6, 6.07) is 0. The first-order valence-electron chi connectivity index (χ1n) is 8.88. The first-order valence-corrected chi connectivity index (χ1v) is 8.88. The quantitative estimate of drug-likeness (QED) is 0.258. The molecule has 0 saturated carbocycles. The van der Waals surface area contributed by atoms with Gasteiger partial charge in [-0.3, -0.25) is 4.79 Å². The van der Waals surface area contributed by atoms with Crippen molar-refractivity contribution >= 4 is 5.97 Å². The second-order valence-corrected chi connectivity index (χ2v) is 5.68. The fraction of sp³-hybridized carbons (Fsp3) is 0.833. The van der Waals surface area contributed by atoms with Gasteiger partial charge in [0.05, 0.1) is 19.8 Å². The van der Waals surface area contributed by atoms with Crippen molar-refractivity contribution in [2.24, 2.45) is 0 Å². The second-order valence-electron chi connectivity index (χ2n) is 5.68. The molecule has 136 valence electrons. The van der Waals surface area contributed by atoms with Crippen molar-refractivity contribution in [2.45, 2.75) is 70.8 Å². The van der Waals surface area contributed by atoms with Crippen molar-refractivity contribution in [2.75, 3.05) is 26.4 Å². The van der Waals surface area contributed by atoms with Crippen LogP contribution in [0.2, 0.25) is 0 Å². The van der Waals surface area contributed by atoms with E-state index in [4.69, 9.17) is 19.7 Å². The number of hydrogen-bond donors (Lipinski definition) is 2. The molecular formula is C18H34O5. The van der Waals surface area contributed by atoms with Gasteiger partial charge in [0.2, 0.25) is 0 Å². The summed E-state index contributed by atoms with van der Waals surface area (Å²) < 4.78 is 10.3. The average Bonchev–Trinajstić information content (AvgIpc) is 2.56. The van der Waals surface area contributed by atoms with Gasteiger partial charge in [-0.2, -0.15) is 0 Å². The number of rotatable bonds is 16. The highest BCUT2D eigenvalue weighted by Crippen LogP contribution is 2.08. The van der Waals surface area contributed by atoms with Crippen LogP contribution in [0.4, 0.5) is 0 Å². The molecule has 0 aromatic carbocycles. The second kappa shape index (κ2) is 17.4. The molecule has 23 heavy (non-hydrogen) atoms. The van der Waals surface area contributed by atoms with Gasteiger partial charge >= 0.3 is 5.97 Å². The van der Waals surface area contributed by atoms with Crippen molar-refractivity contribution in [3.8, 4) is 0 Å². The number of carbonyl (C=O) groups is 1. The normalized spacial score (nSPS) is 11.5. The fourth-order valence-electron chi connectivity index (χ4n) is 2.02. The van der Waals surface area contributed by atoms with Crippen LogP contribution in [0.25, 0.3) is 0 Å². The third kappa shape index (κ3) is 15.8. The smallest absolute Gasteiger partial charge is 0.306 e. The van der Waals surface area contributed by atoms with Gasteiger partial charge in [0, 0.05) is 13.0 Å². The van der Waals surface area contributed by atoms with Crippen LogP contribution >= 0.6 is 0 Å². The number of ether oxygens (including phenoxy) is 2. The maximum absolute atomic E-state index is 11.4. The zero-order valence-corrected chi connectivity index (χ0v) is 14.5. The maximum Gasteiger partial charge on any atom is 0.306 e. The summed E-state index contributed by atoms with van der Waals surface area (Å²) >= 11 is 0. The zero-order valence-electron chi connectivity index (χ0n) is 14.5. The van der Waals surface area contributed by atoms with Crippen LogP contribution in [0.15, 0.2) is 12.2 Å². The standard InChI is InChI=1S/C18H34O5/c1-2-3-13-22-14-11-9-7-5-4-6-8-10-12-18(21)23-17(15-19)16-20/h9,11,17,19-20H,2-8,10,12-16H2,1H3/b11-9-. The minimum absolute atomic E-state index is 0.334. The predicted octanol–water partition coefficient (Wildman–Crippen LogP) is 2.99. The molecule has 0 aliphatic carbocycles. The Bertz CT molecular complexity index is 287. The molecule has 5 heteroatoms. The van der Waals surface area contributed by atoms with E-state index >= 15 is 0 Å². The van der Waals surface area contributed by atoms with E-state index < -0.39 is 6.10 Å². The number of unbranched alkanes of at least 4 members (excludes halogenated alkanes) is 6. The topological polar surface area (TPSA) is 76.0 Å². The highest BCUT2D eigenvalue weighted by molar-refractivity contribution is 5.69. The van der Waals surface area contributed by atoms with E-state index in [0.717, 1.165) is 51.6 Å². The van der Waals surface area contributed by atoms with Crippen molar-refractivity contribution in [3.63, 3.8) is 0 Å². The maximum atomic E-state index is 11.4. The van der Waals surface area contributed by atoms with Crippen molar-refractivity contribution in [1.29, 1.82) is 0 Å². The van der Waals surface area contributed by atoms with Crippen LogP contribution in [0, 0.1) is 0 Å². The summed E-state index contributed by atoms with van der Waals surface area (Å²) in [6.07, 6.45) is 12.4. The molecule has 0 fully saturated rings. The highest BCUT2D eigenvalue weighted by Gasteiger charge is 2.11. The predicted molar refractivity (Wildman–Crippen MR) is 91.2 cm³/mol. The summed E-state index contributed by atoms with van der Waals surface area (Å²) in [5.41, 5.74) is 0. The number of allylic oxidation sites excluding steroid dienone is 1. The molecule has 0 radical (unpaired) electrons. The van der Waals surface area contributed by atoms with Crippen LogP contribution in [-0.4, -0.2) is 48.7 Å². The van der Waals surface area contributed by atoms with Crippen molar-refractivity contribution in [1.82, 2.24) is 0 Å². The van der Waals surface area contributed by atoms with E-state index in [9.17, 15) is 4.79 Å². The van der Waals surface area contributed by atoms with Crippen LogP contribution in [-0.2, 0) is 14.3 Å². The van der Waals surface area contributed by atoms with E-state index in [-0.39, 0.29) is 19.2 Å². The molecule has 0 atom stereocenters. The molecule has 0 aromatic heterocycles. The summed E-state index contributed by atoms with van der Waals surface area (Å²) in [5, 5.41) is 17.6. The molecular weight excluding hydrogens is 296 g/mol. The lowest BCUT2D eigenvalue weighted by Crippen LogP contribution is -2.25. The van der Waals surface area contributed by atoms with Gasteiger partial charge < -0.3 is 19.7 Å². The summed E-state index contributed by atoms with van der Waals surface area (Å²) in [7, 11) is 0. The first-order chi connectivity index (χ1) is 11.2. The highest BCUT2D eigenvalue weighted by atomic mass is 16.6. The summed E-state index contributed by atoms with van der Waals surface area (Å²) in [4.78, 5) is 11.4. The molecule has 0 amide bonds. The molecule has 0 bridgehead atoms. The van der Waals surface area contributed by atoms with Gasteiger partial charge in [-0.05, 0) is 25.7 Å². The largest absolute Gasteiger partial charge is 0.457 e. The Morgan fingerprint density at radius 1 is 1.00 bits per heavy atom. The van der Waals surface area contributed by atoms with Gasteiger partial charge in [0.1, 0.15) is 6.10 Å². The Labute approximate surface area is 140 Å². The number of aliphatic hydroxyl groups is 2. The molecule has 0 heterocycles. The lowest BCUT2D eigenvalue weighted by molar-refractivity contribution is -0.153. The number of aliphatic hydroxyl groups excluding tert-OH is 2. The van der Waals surface area contributed by atoms with Gasteiger partial charge in [0.25, 0.3) is 0 Å². The van der Waals surface area contributed by atoms with E-state index in [1.54, 1.807) is 0 Å². The van der Waals surface area contributed by atoms with Crippen LogP contribution in [0.5, 0.6) is 0 Å². The van der Waals surface area contributed by atoms with Gasteiger partial charge in [-0.1, -0.05) is 44.8 Å². The van der Waals surface area contributed by atoms with Gasteiger partial charge in [-0.15, -0.1) is 0 Å². The molecule has 0 aliphatic rings. The summed E-state index contributed by atoms with van der Waals surface area (Å²) in [5.74, 6) is -0.343. The van der Waals surface area contributed by atoms with Crippen molar-refractivity contribution < 1.29 is 24.5 Å². The molecule has 0 aromatic rings. The zero-order chi connectivity index (χ0) is 17.2. The average molecular weight is 330 g/mol. The number of esters is 1. The van der Waals surface area contributed by atoms with E-state index in [0.29, 0.717) is 13.0 Å². The van der Waals surface area contributed by atoms with E-state index in [1.165, 1.54) is 6.42 Å². The van der Waals surface area contributed by atoms with E-state index in [1.807, 2.05) is 0 Å². The van der Waals surface area contributed by atoms with E-state index in [2.05, 4.69) is 19.1 Å². The van der Waals surface area contributed by atoms with Crippen LogP contribution in [0.1, 0.15) is 64.7 Å². The molecule has 0 spiro atoms. The number of carbonyl (C=O) groups excluding carboxylic acids is 1. The Morgan fingerprint density at radius 2 is 1.70 bits per heavy atom. The Hall–Kier alpha value is -0.910. The molecule has 0 aliphatic heterocycles. The fourth-order valence-corrected chi connectivity index (χ4v) is 2.02.